The van der Waals surface area contributed by atoms with Crippen molar-refractivity contribution in [1.82, 2.24) is 15.6 Å². The number of aliphatic imine (C=N–C) groups is 1. The van der Waals surface area contributed by atoms with E-state index in [9.17, 15) is 0 Å². The molecule has 0 aliphatic heterocycles. The maximum Gasteiger partial charge on any atom is 0.191 e. The van der Waals surface area contributed by atoms with Gasteiger partial charge in [-0.1, -0.05) is 18.1 Å². The Morgan fingerprint density at radius 3 is 2.74 bits per heavy atom. The molecule has 0 radical (unpaired) electrons. The lowest BCUT2D eigenvalue weighted by Gasteiger charge is -2.12. The van der Waals surface area contributed by atoms with Crippen molar-refractivity contribution in [2.75, 3.05) is 20.3 Å². The maximum absolute atomic E-state index is 5.53. The second-order valence-corrected chi connectivity index (χ2v) is 5.35. The molecular formula is C20H25IN4O2. The minimum atomic E-state index is 0. The molecule has 0 bridgehead atoms. The number of methoxy groups -OCH3 is 1. The first-order valence-electron chi connectivity index (χ1n) is 8.42. The number of aromatic nitrogens is 1. The normalized spacial score (nSPS) is 10.3. The number of pyridine rings is 1. The Labute approximate surface area is 177 Å². The number of ether oxygens (including phenoxy) is 2. The van der Waals surface area contributed by atoms with Crippen LogP contribution in [0.3, 0.4) is 0 Å². The molecule has 0 saturated heterocycles. The monoisotopic (exact) mass is 480 g/mol. The van der Waals surface area contributed by atoms with Gasteiger partial charge in [0.2, 0.25) is 0 Å². The second kappa shape index (κ2) is 12.8. The first-order chi connectivity index (χ1) is 12.8. The van der Waals surface area contributed by atoms with Crippen molar-refractivity contribution in [3.63, 3.8) is 0 Å². The molecule has 1 aromatic heterocycles. The fourth-order valence-electron chi connectivity index (χ4n) is 2.24. The third-order valence-corrected chi connectivity index (χ3v) is 3.47. The van der Waals surface area contributed by atoms with Gasteiger partial charge in [-0.15, -0.1) is 30.4 Å². The predicted octanol–water partition coefficient (Wildman–Crippen LogP) is 2.98. The lowest BCUT2D eigenvalue weighted by Crippen LogP contribution is -2.37. The fraction of sp³-hybridized carbons (Fsp3) is 0.300. The molecule has 0 amide bonds. The molecule has 0 unspecified atom stereocenters. The van der Waals surface area contributed by atoms with Crippen molar-refractivity contribution in [2.24, 2.45) is 4.99 Å². The largest absolute Gasteiger partial charge is 0.493 e. The van der Waals surface area contributed by atoms with Crippen LogP contribution in [0.4, 0.5) is 0 Å². The third kappa shape index (κ3) is 7.74. The van der Waals surface area contributed by atoms with Gasteiger partial charge < -0.3 is 20.1 Å². The van der Waals surface area contributed by atoms with Gasteiger partial charge in [-0.2, -0.15) is 0 Å². The summed E-state index contributed by atoms with van der Waals surface area (Å²) < 4.78 is 10.8. The van der Waals surface area contributed by atoms with E-state index in [0.717, 1.165) is 23.8 Å². The van der Waals surface area contributed by atoms with E-state index in [4.69, 9.17) is 15.9 Å². The number of nitrogens with zero attached hydrogens (tertiary/aromatic N) is 2. The lowest BCUT2D eigenvalue weighted by molar-refractivity contribution is 0.330. The zero-order valence-corrected chi connectivity index (χ0v) is 17.9. The van der Waals surface area contributed by atoms with Crippen LogP contribution in [0.15, 0.2) is 47.6 Å². The van der Waals surface area contributed by atoms with Crippen molar-refractivity contribution in [1.29, 1.82) is 0 Å². The molecule has 0 aliphatic carbocycles. The molecule has 144 valence electrons. The van der Waals surface area contributed by atoms with Crippen LogP contribution in [0.5, 0.6) is 11.5 Å². The van der Waals surface area contributed by atoms with Gasteiger partial charge in [-0.05, 0) is 36.8 Å². The van der Waals surface area contributed by atoms with Crippen LogP contribution in [0.1, 0.15) is 18.2 Å². The SMILES string of the molecule is C#CCOc1cc(CN=C(NCC)NCc2ccccn2)ccc1OC.I. The van der Waals surface area contributed by atoms with E-state index in [1.165, 1.54) is 0 Å². The average Bonchev–Trinajstić information content (AvgIpc) is 2.69. The lowest BCUT2D eigenvalue weighted by atomic mass is 10.2. The summed E-state index contributed by atoms with van der Waals surface area (Å²) >= 11 is 0. The fourth-order valence-corrected chi connectivity index (χ4v) is 2.24. The molecule has 1 heterocycles. The van der Waals surface area contributed by atoms with Gasteiger partial charge in [-0.3, -0.25) is 4.98 Å². The summed E-state index contributed by atoms with van der Waals surface area (Å²) in [6, 6.07) is 11.5. The Kier molecular flexibility index (Phi) is 10.7. The number of terminal acetylenes is 1. The standard InChI is InChI=1S/C20H24N4O2.HI/c1-4-12-26-19-13-16(9-10-18(19)25-3)14-23-20(21-5-2)24-15-17-8-6-7-11-22-17;/h1,6-11,13H,5,12,14-15H2,2-3H3,(H2,21,23,24);1H. The highest BCUT2D eigenvalue weighted by Crippen LogP contribution is 2.28. The molecular weight excluding hydrogens is 455 g/mol. The average molecular weight is 480 g/mol. The topological polar surface area (TPSA) is 67.8 Å². The predicted molar refractivity (Wildman–Crippen MR) is 119 cm³/mol. The summed E-state index contributed by atoms with van der Waals surface area (Å²) in [6.07, 6.45) is 7.03. The van der Waals surface area contributed by atoms with Crippen molar-refractivity contribution in [2.45, 2.75) is 20.0 Å². The second-order valence-electron chi connectivity index (χ2n) is 5.35. The van der Waals surface area contributed by atoms with Crippen LogP contribution in [0.2, 0.25) is 0 Å². The summed E-state index contributed by atoms with van der Waals surface area (Å²) in [4.78, 5) is 8.90. The maximum atomic E-state index is 5.53. The molecule has 0 aliphatic rings. The van der Waals surface area contributed by atoms with Gasteiger partial charge in [0.25, 0.3) is 0 Å². The van der Waals surface area contributed by atoms with Crippen molar-refractivity contribution >= 4 is 29.9 Å². The van der Waals surface area contributed by atoms with Crippen LogP contribution >= 0.6 is 24.0 Å². The Bertz CT molecular complexity index is 760. The van der Waals surface area contributed by atoms with E-state index in [2.05, 4.69) is 26.5 Å². The molecule has 2 N–H and O–H groups in total. The Balaban J connectivity index is 0.00000364. The van der Waals surface area contributed by atoms with E-state index < -0.39 is 0 Å². The van der Waals surface area contributed by atoms with Gasteiger partial charge in [0, 0.05) is 12.7 Å². The van der Waals surface area contributed by atoms with Crippen LogP contribution in [-0.2, 0) is 13.1 Å². The number of hydrogen-bond donors (Lipinski definition) is 2. The summed E-state index contributed by atoms with van der Waals surface area (Å²) in [5.74, 6) is 4.44. The molecule has 0 spiro atoms. The van der Waals surface area contributed by atoms with E-state index in [0.29, 0.717) is 24.6 Å². The first kappa shape index (κ1) is 22.6. The molecule has 27 heavy (non-hydrogen) atoms. The highest BCUT2D eigenvalue weighted by molar-refractivity contribution is 14.0. The zero-order chi connectivity index (χ0) is 18.6. The van der Waals surface area contributed by atoms with Crippen LogP contribution < -0.4 is 20.1 Å². The van der Waals surface area contributed by atoms with Crippen molar-refractivity contribution in [3.8, 4) is 23.8 Å². The van der Waals surface area contributed by atoms with E-state index >= 15 is 0 Å². The quantitative estimate of drug-likeness (QED) is 0.263. The van der Waals surface area contributed by atoms with Gasteiger partial charge in [0.1, 0.15) is 6.61 Å². The molecule has 2 rings (SSSR count). The third-order valence-electron chi connectivity index (χ3n) is 3.47. The van der Waals surface area contributed by atoms with Crippen molar-refractivity contribution in [3.05, 3.63) is 53.9 Å². The Morgan fingerprint density at radius 2 is 2.07 bits per heavy atom. The number of benzene rings is 1. The van der Waals surface area contributed by atoms with Gasteiger partial charge in [0.15, 0.2) is 17.5 Å². The van der Waals surface area contributed by atoms with Gasteiger partial charge >= 0.3 is 0 Å². The molecule has 2 aromatic rings. The number of hydrogen-bond acceptors (Lipinski definition) is 4. The van der Waals surface area contributed by atoms with E-state index in [1.54, 1.807) is 13.3 Å². The summed E-state index contributed by atoms with van der Waals surface area (Å²) in [7, 11) is 1.60. The van der Waals surface area contributed by atoms with Crippen LogP contribution in [0.25, 0.3) is 0 Å². The smallest absolute Gasteiger partial charge is 0.191 e. The Hall–Kier alpha value is -2.47. The highest BCUT2D eigenvalue weighted by atomic mass is 127. The molecule has 0 atom stereocenters. The number of halogens is 1. The molecule has 0 fully saturated rings. The first-order valence-corrected chi connectivity index (χ1v) is 8.42. The van der Waals surface area contributed by atoms with E-state index in [1.807, 2.05) is 43.3 Å². The summed E-state index contributed by atoms with van der Waals surface area (Å²) in [6.45, 7) is 4.08. The van der Waals surface area contributed by atoms with Crippen LogP contribution in [0, 0.1) is 12.3 Å². The highest BCUT2D eigenvalue weighted by Gasteiger charge is 2.06. The molecule has 1 aromatic carbocycles. The summed E-state index contributed by atoms with van der Waals surface area (Å²) in [5, 5.41) is 6.50. The van der Waals surface area contributed by atoms with Crippen LogP contribution in [-0.4, -0.2) is 31.2 Å². The number of guanidine groups is 1. The minimum absolute atomic E-state index is 0. The van der Waals surface area contributed by atoms with Crippen molar-refractivity contribution < 1.29 is 9.47 Å². The van der Waals surface area contributed by atoms with Gasteiger partial charge in [0.05, 0.1) is 25.9 Å². The van der Waals surface area contributed by atoms with Gasteiger partial charge in [-0.25, -0.2) is 4.99 Å². The minimum Gasteiger partial charge on any atom is -0.493 e. The number of rotatable bonds is 8. The molecule has 0 saturated carbocycles. The molecule has 6 nitrogen and oxygen atoms in total. The summed E-state index contributed by atoms with van der Waals surface area (Å²) in [5.41, 5.74) is 1.94. The number of nitrogens with one attached hydrogen (secondary N) is 2. The Morgan fingerprint density at radius 1 is 1.22 bits per heavy atom. The molecule has 7 heteroatoms. The zero-order valence-electron chi connectivity index (χ0n) is 15.6. The van der Waals surface area contributed by atoms with E-state index in [-0.39, 0.29) is 30.6 Å².